The van der Waals surface area contributed by atoms with Gasteiger partial charge in [0.15, 0.2) is 5.16 Å². The Bertz CT molecular complexity index is 1060. The first-order valence-corrected chi connectivity index (χ1v) is 9.74. The average Bonchev–Trinajstić information content (AvgIpc) is 3.01. The smallest absolute Gasteiger partial charge is 0.336 e. The van der Waals surface area contributed by atoms with Crippen molar-refractivity contribution in [2.75, 3.05) is 0 Å². The number of nitrogens with two attached hydrogens (primary N) is 1. The summed E-state index contributed by atoms with van der Waals surface area (Å²) < 4.78 is 7.32. The van der Waals surface area contributed by atoms with Gasteiger partial charge in [0.2, 0.25) is 5.91 Å². The van der Waals surface area contributed by atoms with E-state index in [4.69, 9.17) is 10.2 Å². The van der Waals surface area contributed by atoms with Crippen molar-refractivity contribution in [2.24, 2.45) is 5.73 Å². The molecule has 2 aromatic heterocycles. The molecular weight excluding hydrogens is 364 g/mol. The number of carbonyl (C=O) groups excluding carboxylic acids is 1. The second-order valence-electron chi connectivity index (χ2n) is 6.42. The quantitative estimate of drug-likeness (QED) is 0.494. The number of aryl methyl sites for hydroxylation is 3. The number of benzene rings is 1. The standard InChI is InChI=1S/C19H22N4O3S/c1-4-23-17(6-5-16(20)24)21-22-19(23)27-10-13-9-18(25)26-15-8-12(3)11(2)7-14(13)15/h7-9H,4-6,10H2,1-3H3,(H2,20,24). The first kappa shape index (κ1) is 19.2. The normalized spacial score (nSPS) is 11.2. The van der Waals surface area contributed by atoms with Crippen LogP contribution in [0.1, 0.15) is 35.9 Å². The molecule has 0 aliphatic rings. The van der Waals surface area contributed by atoms with Crippen LogP contribution in [0.3, 0.4) is 0 Å². The van der Waals surface area contributed by atoms with Crippen LogP contribution in [0.25, 0.3) is 11.0 Å². The zero-order chi connectivity index (χ0) is 19.6. The number of rotatable bonds is 7. The summed E-state index contributed by atoms with van der Waals surface area (Å²) in [6.07, 6.45) is 0.707. The molecule has 0 aliphatic heterocycles. The maximum atomic E-state index is 11.9. The lowest BCUT2D eigenvalue weighted by Gasteiger charge is -2.09. The zero-order valence-electron chi connectivity index (χ0n) is 15.6. The fourth-order valence-corrected chi connectivity index (χ4v) is 3.92. The molecule has 8 heteroatoms. The van der Waals surface area contributed by atoms with E-state index < -0.39 is 0 Å². The molecule has 0 atom stereocenters. The average molecular weight is 386 g/mol. The van der Waals surface area contributed by atoms with Crippen molar-refractivity contribution >= 4 is 28.6 Å². The third-order valence-corrected chi connectivity index (χ3v) is 5.52. The highest BCUT2D eigenvalue weighted by atomic mass is 32.2. The van der Waals surface area contributed by atoms with E-state index >= 15 is 0 Å². The Morgan fingerprint density at radius 3 is 2.67 bits per heavy atom. The van der Waals surface area contributed by atoms with Crippen LogP contribution in [0, 0.1) is 13.8 Å². The number of hydrogen-bond acceptors (Lipinski definition) is 6. The van der Waals surface area contributed by atoms with Gasteiger partial charge in [-0.05, 0) is 49.6 Å². The lowest BCUT2D eigenvalue weighted by Crippen LogP contribution is -2.13. The van der Waals surface area contributed by atoms with Crippen molar-refractivity contribution in [1.29, 1.82) is 0 Å². The molecule has 0 radical (unpaired) electrons. The Kier molecular flexibility index (Phi) is 5.65. The monoisotopic (exact) mass is 386 g/mol. The van der Waals surface area contributed by atoms with Crippen LogP contribution >= 0.6 is 11.8 Å². The van der Waals surface area contributed by atoms with Gasteiger partial charge in [0, 0.05) is 36.6 Å². The SMILES string of the molecule is CCn1c(CCC(N)=O)nnc1SCc1cc(=O)oc2cc(C)c(C)cc12. The Labute approximate surface area is 161 Å². The summed E-state index contributed by atoms with van der Waals surface area (Å²) in [6.45, 7) is 6.72. The van der Waals surface area contributed by atoms with Gasteiger partial charge < -0.3 is 14.7 Å². The largest absolute Gasteiger partial charge is 0.423 e. The molecular formula is C19H22N4O3S. The van der Waals surface area contributed by atoms with Gasteiger partial charge in [-0.15, -0.1) is 10.2 Å². The second-order valence-corrected chi connectivity index (χ2v) is 7.36. The Morgan fingerprint density at radius 1 is 1.22 bits per heavy atom. The summed E-state index contributed by atoms with van der Waals surface area (Å²) in [4.78, 5) is 23.0. The molecule has 7 nitrogen and oxygen atoms in total. The fourth-order valence-electron chi connectivity index (χ4n) is 2.91. The minimum atomic E-state index is -0.361. The molecule has 2 N–H and O–H groups in total. The highest BCUT2D eigenvalue weighted by molar-refractivity contribution is 7.98. The maximum absolute atomic E-state index is 11.9. The first-order valence-electron chi connectivity index (χ1n) is 8.76. The highest BCUT2D eigenvalue weighted by Gasteiger charge is 2.14. The van der Waals surface area contributed by atoms with E-state index in [1.807, 2.05) is 37.5 Å². The van der Waals surface area contributed by atoms with Crippen molar-refractivity contribution in [3.05, 3.63) is 51.1 Å². The predicted molar refractivity (Wildman–Crippen MR) is 105 cm³/mol. The Balaban J connectivity index is 1.88. The summed E-state index contributed by atoms with van der Waals surface area (Å²) in [5, 5.41) is 10.1. The molecule has 1 amide bonds. The number of thioether (sulfide) groups is 1. The summed E-state index contributed by atoms with van der Waals surface area (Å²) in [7, 11) is 0. The van der Waals surface area contributed by atoms with E-state index in [2.05, 4.69) is 10.2 Å². The Hall–Kier alpha value is -2.61. The van der Waals surface area contributed by atoms with Crippen molar-refractivity contribution < 1.29 is 9.21 Å². The molecule has 3 aromatic rings. The predicted octanol–water partition coefficient (Wildman–Crippen LogP) is 2.73. The highest BCUT2D eigenvalue weighted by Crippen LogP contribution is 2.27. The van der Waals surface area contributed by atoms with Crippen molar-refractivity contribution in [3.63, 3.8) is 0 Å². The lowest BCUT2D eigenvalue weighted by atomic mass is 10.0. The molecule has 2 heterocycles. The van der Waals surface area contributed by atoms with Crippen LogP contribution in [0.2, 0.25) is 0 Å². The molecule has 0 bridgehead atoms. The molecule has 27 heavy (non-hydrogen) atoms. The van der Waals surface area contributed by atoms with Crippen LogP contribution < -0.4 is 11.4 Å². The van der Waals surface area contributed by atoms with Gasteiger partial charge in [0.05, 0.1) is 0 Å². The molecule has 0 saturated carbocycles. The third-order valence-electron chi connectivity index (χ3n) is 4.51. The minimum Gasteiger partial charge on any atom is -0.423 e. The van der Waals surface area contributed by atoms with Crippen LogP contribution in [-0.2, 0) is 23.5 Å². The number of nitrogens with zero attached hydrogens (tertiary/aromatic N) is 3. The van der Waals surface area contributed by atoms with Crippen LogP contribution in [0.5, 0.6) is 0 Å². The number of aromatic nitrogens is 3. The number of carbonyl (C=O) groups is 1. The summed E-state index contributed by atoms with van der Waals surface area (Å²) in [5.74, 6) is 0.948. The zero-order valence-corrected chi connectivity index (χ0v) is 16.4. The number of hydrogen-bond donors (Lipinski definition) is 1. The lowest BCUT2D eigenvalue weighted by molar-refractivity contribution is -0.118. The second kappa shape index (κ2) is 7.96. The number of amides is 1. The minimum absolute atomic E-state index is 0.242. The van der Waals surface area contributed by atoms with Gasteiger partial charge in [-0.25, -0.2) is 4.79 Å². The summed E-state index contributed by atoms with van der Waals surface area (Å²) in [6, 6.07) is 5.48. The molecule has 0 spiro atoms. The van der Waals surface area contributed by atoms with Gasteiger partial charge in [-0.3, -0.25) is 4.79 Å². The van der Waals surface area contributed by atoms with E-state index in [9.17, 15) is 9.59 Å². The van der Waals surface area contributed by atoms with Gasteiger partial charge in [0.25, 0.3) is 0 Å². The van der Waals surface area contributed by atoms with Crippen LogP contribution in [0.15, 0.2) is 32.6 Å². The molecule has 0 unspecified atom stereocenters. The first-order chi connectivity index (χ1) is 12.9. The number of primary amides is 1. The Morgan fingerprint density at radius 2 is 1.96 bits per heavy atom. The van der Waals surface area contributed by atoms with Gasteiger partial charge >= 0.3 is 5.63 Å². The van der Waals surface area contributed by atoms with Crippen molar-refractivity contribution in [3.8, 4) is 0 Å². The van der Waals surface area contributed by atoms with Gasteiger partial charge in [-0.2, -0.15) is 0 Å². The molecule has 1 aromatic carbocycles. The maximum Gasteiger partial charge on any atom is 0.336 e. The van der Waals surface area contributed by atoms with E-state index in [1.54, 1.807) is 0 Å². The van der Waals surface area contributed by atoms with Gasteiger partial charge in [0.1, 0.15) is 11.4 Å². The summed E-state index contributed by atoms with van der Waals surface area (Å²) >= 11 is 1.51. The molecule has 0 aliphatic carbocycles. The van der Waals surface area contributed by atoms with Crippen LogP contribution in [-0.4, -0.2) is 20.7 Å². The van der Waals surface area contributed by atoms with E-state index in [1.165, 1.54) is 17.8 Å². The third kappa shape index (κ3) is 4.21. The molecule has 142 valence electrons. The van der Waals surface area contributed by atoms with Crippen LogP contribution in [0.4, 0.5) is 0 Å². The fraction of sp³-hybridized carbons (Fsp3) is 0.368. The summed E-state index contributed by atoms with van der Waals surface area (Å²) in [5.41, 5.74) is 8.59. The van der Waals surface area contributed by atoms with E-state index in [0.29, 0.717) is 24.3 Å². The molecule has 0 fully saturated rings. The molecule has 0 saturated heterocycles. The van der Waals surface area contributed by atoms with Crippen molar-refractivity contribution in [2.45, 2.75) is 51.1 Å². The van der Waals surface area contributed by atoms with Gasteiger partial charge in [-0.1, -0.05) is 11.8 Å². The molecule has 3 rings (SSSR count). The van der Waals surface area contributed by atoms with E-state index in [0.717, 1.165) is 33.1 Å². The number of fused-ring (bicyclic) bond motifs is 1. The topological polar surface area (TPSA) is 104 Å². The van der Waals surface area contributed by atoms with E-state index in [-0.39, 0.29) is 18.0 Å². The van der Waals surface area contributed by atoms with Crippen molar-refractivity contribution in [1.82, 2.24) is 14.8 Å².